The molecule has 0 spiro atoms. The van der Waals surface area contributed by atoms with Gasteiger partial charge in [0.2, 0.25) is 11.1 Å². The molecule has 0 aromatic carbocycles. The quantitative estimate of drug-likeness (QED) is 0.618. The fraction of sp³-hybridized carbons (Fsp3) is 0.462. The lowest BCUT2D eigenvalue weighted by atomic mass is 10.2. The van der Waals surface area contributed by atoms with E-state index in [0.717, 1.165) is 11.3 Å². The van der Waals surface area contributed by atoms with Crippen LogP contribution in [0.15, 0.2) is 21.9 Å². The standard InChI is InChI=1S/C13H19N5O2S/c1-8(2)6-15-11(19)7-21-13-17-16-12(18(13)14)10-4-5-20-9(10)3/h4-5,8H,6-7,14H2,1-3H3,(H,15,19). The van der Waals surface area contributed by atoms with E-state index in [1.807, 2.05) is 20.8 Å². The van der Waals surface area contributed by atoms with Gasteiger partial charge in [0.25, 0.3) is 0 Å². The molecule has 2 aromatic rings. The van der Waals surface area contributed by atoms with Crippen molar-refractivity contribution in [3.8, 4) is 11.4 Å². The number of nitrogens with one attached hydrogen (secondary N) is 1. The SMILES string of the molecule is Cc1occc1-c1nnc(SCC(=O)NCC(C)C)n1N. The molecule has 0 bridgehead atoms. The Morgan fingerprint density at radius 1 is 1.52 bits per heavy atom. The number of rotatable bonds is 6. The summed E-state index contributed by atoms with van der Waals surface area (Å²) in [6, 6.07) is 1.78. The van der Waals surface area contributed by atoms with Crippen LogP contribution < -0.4 is 11.2 Å². The number of nitrogen functional groups attached to an aromatic ring is 1. The summed E-state index contributed by atoms with van der Waals surface area (Å²) >= 11 is 1.25. The van der Waals surface area contributed by atoms with E-state index in [-0.39, 0.29) is 11.7 Å². The Balaban J connectivity index is 1.98. The Hall–Kier alpha value is -1.96. The molecule has 0 atom stereocenters. The van der Waals surface area contributed by atoms with Crippen LogP contribution in [0.4, 0.5) is 0 Å². The molecule has 114 valence electrons. The topological polar surface area (TPSA) is 99.0 Å². The van der Waals surface area contributed by atoms with Crippen LogP contribution in [0.1, 0.15) is 19.6 Å². The highest BCUT2D eigenvalue weighted by Gasteiger charge is 2.16. The van der Waals surface area contributed by atoms with Crippen LogP contribution >= 0.6 is 11.8 Å². The zero-order valence-corrected chi connectivity index (χ0v) is 13.1. The predicted molar refractivity (Wildman–Crippen MR) is 81.2 cm³/mol. The maximum absolute atomic E-state index is 11.7. The smallest absolute Gasteiger partial charge is 0.230 e. The average Bonchev–Trinajstić information content (AvgIpc) is 3.00. The summed E-state index contributed by atoms with van der Waals surface area (Å²) in [6.07, 6.45) is 1.57. The first-order valence-electron chi connectivity index (χ1n) is 6.63. The summed E-state index contributed by atoms with van der Waals surface area (Å²) < 4.78 is 6.60. The van der Waals surface area contributed by atoms with Crippen molar-refractivity contribution in [2.24, 2.45) is 5.92 Å². The number of amides is 1. The third-order valence-electron chi connectivity index (χ3n) is 2.80. The molecule has 3 N–H and O–H groups in total. The minimum atomic E-state index is -0.0438. The second-order valence-corrected chi connectivity index (χ2v) is 6.00. The molecule has 0 aliphatic heterocycles. The van der Waals surface area contributed by atoms with E-state index in [9.17, 15) is 4.79 Å². The Bertz CT molecular complexity index is 620. The molecule has 2 aromatic heterocycles. The maximum atomic E-state index is 11.7. The van der Waals surface area contributed by atoms with Crippen molar-refractivity contribution in [2.45, 2.75) is 25.9 Å². The first-order valence-corrected chi connectivity index (χ1v) is 7.62. The lowest BCUT2D eigenvalue weighted by molar-refractivity contribution is -0.118. The summed E-state index contributed by atoms with van der Waals surface area (Å²) in [4.78, 5) is 11.7. The lowest BCUT2D eigenvalue weighted by Crippen LogP contribution is -2.29. The van der Waals surface area contributed by atoms with Crippen LogP contribution in [0.25, 0.3) is 11.4 Å². The maximum Gasteiger partial charge on any atom is 0.230 e. The van der Waals surface area contributed by atoms with E-state index in [2.05, 4.69) is 15.5 Å². The van der Waals surface area contributed by atoms with Crippen LogP contribution in [0, 0.1) is 12.8 Å². The number of carbonyl (C=O) groups excluding carboxylic acids is 1. The van der Waals surface area contributed by atoms with E-state index in [4.69, 9.17) is 10.3 Å². The van der Waals surface area contributed by atoms with Crippen molar-refractivity contribution in [3.63, 3.8) is 0 Å². The van der Waals surface area contributed by atoms with E-state index in [0.29, 0.717) is 23.4 Å². The molecule has 0 fully saturated rings. The van der Waals surface area contributed by atoms with Gasteiger partial charge in [0.15, 0.2) is 5.82 Å². The lowest BCUT2D eigenvalue weighted by Gasteiger charge is -2.07. The number of aromatic nitrogens is 3. The van der Waals surface area contributed by atoms with Gasteiger partial charge in [-0.05, 0) is 18.9 Å². The number of nitrogens with zero attached hydrogens (tertiary/aromatic N) is 3. The van der Waals surface area contributed by atoms with Gasteiger partial charge in [-0.1, -0.05) is 25.6 Å². The molecule has 0 saturated carbocycles. The molecule has 7 nitrogen and oxygen atoms in total. The molecule has 0 radical (unpaired) electrons. The molecule has 0 aliphatic carbocycles. The number of aryl methyl sites for hydroxylation is 1. The van der Waals surface area contributed by atoms with Crippen molar-refractivity contribution in [1.29, 1.82) is 0 Å². The van der Waals surface area contributed by atoms with Crippen molar-refractivity contribution in [1.82, 2.24) is 20.2 Å². The average molecular weight is 309 g/mol. The van der Waals surface area contributed by atoms with E-state index < -0.39 is 0 Å². The fourth-order valence-corrected chi connectivity index (χ4v) is 2.36. The summed E-state index contributed by atoms with van der Waals surface area (Å²) in [6.45, 7) is 6.58. The normalized spacial score (nSPS) is 11.0. The Kier molecular flexibility index (Phi) is 4.89. The summed E-state index contributed by atoms with van der Waals surface area (Å²) in [7, 11) is 0. The monoisotopic (exact) mass is 309 g/mol. The van der Waals surface area contributed by atoms with Crippen LogP contribution in [0.5, 0.6) is 0 Å². The molecule has 21 heavy (non-hydrogen) atoms. The van der Waals surface area contributed by atoms with Crippen LogP contribution in [0.2, 0.25) is 0 Å². The molecule has 0 unspecified atom stereocenters. The first-order chi connectivity index (χ1) is 9.99. The van der Waals surface area contributed by atoms with Crippen molar-refractivity contribution in [2.75, 3.05) is 18.1 Å². The minimum absolute atomic E-state index is 0.0438. The molecular weight excluding hydrogens is 290 g/mol. The molecule has 0 saturated heterocycles. The second-order valence-electron chi connectivity index (χ2n) is 5.05. The highest BCUT2D eigenvalue weighted by Crippen LogP contribution is 2.24. The number of thioether (sulfide) groups is 1. The van der Waals surface area contributed by atoms with E-state index >= 15 is 0 Å². The summed E-state index contributed by atoms with van der Waals surface area (Å²) in [5, 5.41) is 11.4. The Morgan fingerprint density at radius 3 is 2.90 bits per heavy atom. The predicted octanol–water partition coefficient (Wildman–Crippen LogP) is 1.42. The largest absolute Gasteiger partial charge is 0.469 e. The zero-order valence-electron chi connectivity index (χ0n) is 12.3. The van der Waals surface area contributed by atoms with Crippen LogP contribution in [0.3, 0.4) is 0 Å². The number of hydrogen-bond acceptors (Lipinski definition) is 6. The molecule has 0 aliphatic rings. The Labute approximate surface area is 127 Å². The van der Waals surface area contributed by atoms with Gasteiger partial charge < -0.3 is 15.6 Å². The Morgan fingerprint density at radius 2 is 2.29 bits per heavy atom. The van der Waals surface area contributed by atoms with Crippen molar-refractivity contribution >= 4 is 17.7 Å². The zero-order chi connectivity index (χ0) is 15.4. The number of carbonyl (C=O) groups is 1. The highest BCUT2D eigenvalue weighted by atomic mass is 32.2. The van der Waals surface area contributed by atoms with E-state index in [1.165, 1.54) is 16.4 Å². The van der Waals surface area contributed by atoms with Gasteiger partial charge in [0.1, 0.15) is 5.76 Å². The second kappa shape index (κ2) is 6.66. The molecule has 8 heteroatoms. The summed E-state index contributed by atoms with van der Waals surface area (Å²) in [5.74, 6) is 7.85. The van der Waals surface area contributed by atoms with Crippen LogP contribution in [-0.4, -0.2) is 33.1 Å². The minimum Gasteiger partial charge on any atom is -0.469 e. The van der Waals surface area contributed by atoms with Crippen LogP contribution in [-0.2, 0) is 4.79 Å². The molecule has 2 rings (SSSR count). The van der Waals surface area contributed by atoms with Gasteiger partial charge in [-0.25, -0.2) is 4.68 Å². The van der Waals surface area contributed by atoms with Crippen molar-refractivity contribution < 1.29 is 9.21 Å². The molecule has 2 heterocycles. The number of hydrogen-bond donors (Lipinski definition) is 2. The fourth-order valence-electron chi connectivity index (χ4n) is 1.68. The van der Waals surface area contributed by atoms with E-state index in [1.54, 1.807) is 12.3 Å². The summed E-state index contributed by atoms with van der Waals surface area (Å²) in [5.41, 5.74) is 0.793. The third-order valence-corrected chi connectivity index (χ3v) is 3.75. The van der Waals surface area contributed by atoms with Gasteiger partial charge in [0.05, 0.1) is 17.6 Å². The van der Waals surface area contributed by atoms with Gasteiger partial charge in [-0.3, -0.25) is 4.79 Å². The van der Waals surface area contributed by atoms with Gasteiger partial charge >= 0.3 is 0 Å². The third kappa shape index (κ3) is 3.78. The van der Waals surface area contributed by atoms with Crippen molar-refractivity contribution in [3.05, 3.63) is 18.1 Å². The number of nitrogens with two attached hydrogens (primary N) is 1. The van der Waals surface area contributed by atoms with Gasteiger partial charge in [-0.2, -0.15) is 0 Å². The molecular formula is C13H19N5O2S. The first kappa shape index (κ1) is 15.4. The highest BCUT2D eigenvalue weighted by molar-refractivity contribution is 7.99. The molecule has 1 amide bonds. The van der Waals surface area contributed by atoms with Gasteiger partial charge in [-0.15, -0.1) is 10.2 Å². The number of furan rings is 1. The van der Waals surface area contributed by atoms with Gasteiger partial charge in [0, 0.05) is 6.54 Å².